The lowest BCUT2D eigenvalue weighted by Gasteiger charge is -2.46. The van der Waals surface area contributed by atoms with Gasteiger partial charge < -0.3 is 87.7 Å². The molecule has 4 rings (SSSR count). The van der Waals surface area contributed by atoms with Gasteiger partial charge in [-0.05, 0) is 25.2 Å². The Bertz CT molecular complexity index is 893. The molecule has 4 aliphatic rings. The Hall–Kier alpha value is -0.940. The first-order valence-electron chi connectivity index (χ1n) is 14.8. The van der Waals surface area contributed by atoms with E-state index in [9.17, 15) is 30.6 Å². The first-order valence-corrected chi connectivity index (χ1v) is 14.8. The topological polar surface area (TPSA) is 307 Å². The highest BCUT2D eigenvalue weighted by atomic mass is 16.8. The minimum absolute atomic E-state index is 0.0781. The normalized spacial score (nSPS) is 49.0. The maximum atomic E-state index is 11.4. The Morgan fingerprint density at radius 3 is 2.02 bits per heavy atom. The zero-order valence-corrected chi connectivity index (χ0v) is 23.9. The highest BCUT2D eigenvalue weighted by Gasteiger charge is 2.53. The molecule has 3 heterocycles. The minimum atomic E-state index is -1.53. The summed E-state index contributed by atoms with van der Waals surface area (Å²) in [5, 5.41) is 62.6. The number of nitrogens with two attached hydrogens (primary N) is 5. The summed E-state index contributed by atoms with van der Waals surface area (Å²) in [6.07, 6.45) is -10.5. The van der Waals surface area contributed by atoms with Gasteiger partial charge in [0.2, 0.25) is 0 Å². The molecule has 2 saturated heterocycles. The van der Waals surface area contributed by atoms with Crippen LogP contribution >= 0.6 is 0 Å². The fraction of sp³-hybridized carbons (Fsp3) is 0.923. The van der Waals surface area contributed by atoms with Gasteiger partial charge in [-0.15, -0.1) is 0 Å². The van der Waals surface area contributed by atoms with E-state index in [-0.39, 0.29) is 25.6 Å². The maximum Gasteiger partial charge on any atom is 0.187 e. The predicted molar refractivity (Wildman–Crippen MR) is 147 cm³/mol. The van der Waals surface area contributed by atoms with Crippen molar-refractivity contribution < 1.29 is 59.1 Å². The summed E-state index contributed by atoms with van der Waals surface area (Å²) in [7, 11) is 0. The highest BCUT2D eigenvalue weighted by Crippen LogP contribution is 2.37. The van der Waals surface area contributed by atoms with Gasteiger partial charge >= 0.3 is 0 Å². The summed E-state index contributed by atoms with van der Waals surface area (Å²) in [6, 6.07) is -2.53. The predicted octanol–water partition coefficient (Wildman–Crippen LogP) is -6.00. The summed E-state index contributed by atoms with van der Waals surface area (Å²) in [5.41, 5.74) is 30.1. The second-order valence-corrected chi connectivity index (χ2v) is 11.6. The van der Waals surface area contributed by atoms with Crippen LogP contribution in [-0.2, 0) is 28.4 Å². The number of ether oxygens (including phenoxy) is 6. The Morgan fingerprint density at radius 2 is 1.37 bits per heavy atom. The fourth-order valence-corrected chi connectivity index (χ4v) is 6.08. The van der Waals surface area contributed by atoms with Crippen LogP contribution < -0.4 is 28.7 Å². The summed E-state index contributed by atoms with van der Waals surface area (Å²) in [4.78, 5) is 0. The van der Waals surface area contributed by atoms with Crippen molar-refractivity contribution in [1.82, 2.24) is 0 Å². The van der Waals surface area contributed by atoms with Crippen LogP contribution in [0.25, 0.3) is 0 Å². The van der Waals surface area contributed by atoms with E-state index in [1.807, 2.05) is 0 Å². The Labute approximate surface area is 249 Å². The van der Waals surface area contributed by atoms with Gasteiger partial charge in [0.05, 0.1) is 30.9 Å². The second-order valence-electron chi connectivity index (χ2n) is 11.6. The van der Waals surface area contributed by atoms with Crippen LogP contribution in [-0.4, -0.2) is 155 Å². The van der Waals surface area contributed by atoms with Crippen molar-refractivity contribution in [2.24, 2.45) is 34.6 Å². The van der Waals surface area contributed by atoms with Crippen molar-refractivity contribution in [3.05, 3.63) is 12.2 Å². The molecule has 0 aromatic rings. The SMILES string of the molecule is NC[C@@H]1O[C@H](O[C@H]2[C@@H](O)[C@H](O[C@@H]3[C@@H](O)[C@H](CCCO)C[C@H](N)[C@H]3O[C@H]3O[C@H](CN)C=C[C@H]3N)O[C@@H]2CO)[C@H](N)[C@@H](O)[C@@H]1O. The Kier molecular flexibility index (Phi) is 12.6. The zero-order chi connectivity index (χ0) is 31.4. The first kappa shape index (κ1) is 34.9. The monoisotopic (exact) mass is 623 g/mol. The van der Waals surface area contributed by atoms with Crippen LogP contribution in [0, 0.1) is 5.92 Å². The van der Waals surface area contributed by atoms with E-state index in [0.29, 0.717) is 19.3 Å². The molecule has 0 spiro atoms. The van der Waals surface area contributed by atoms with Gasteiger partial charge in [-0.25, -0.2) is 0 Å². The molecular weight excluding hydrogens is 574 g/mol. The molecule has 0 radical (unpaired) electrons. The molecule has 0 bridgehead atoms. The lowest BCUT2D eigenvalue weighted by atomic mass is 9.77. The van der Waals surface area contributed by atoms with Crippen molar-refractivity contribution >= 4 is 0 Å². The van der Waals surface area contributed by atoms with E-state index in [1.54, 1.807) is 12.2 Å². The molecule has 3 fully saturated rings. The van der Waals surface area contributed by atoms with E-state index in [0.717, 1.165) is 0 Å². The summed E-state index contributed by atoms with van der Waals surface area (Å²) < 4.78 is 35.5. The van der Waals surface area contributed by atoms with E-state index in [4.69, 9.17) is 57.1 Å². The van der Waals surface area contributed by atoms with Crippen LogP contribution in [0.3, 0.4) is 0 Å². The molecular formula is C26H49N5O12. The van der Waals surface area contributed by atoms with Gasteiger partial charge in [-0.3, -0.25) is 0 Å². The number of hydrogen-bond acceptors (Lipinski definition) is 17. The lowest BCUT2D eigenvalue weighted by molar-refractivity contribution is -0.286. The number of aliphatic hydroxyl groups is 6. The molecule has 3 aliphatic heterocycles. The van der Waals surface area contributed by atoms with E-state index in [1.165, 1.54) is 0 Å². The molecule has 17 atom stereocenters. The van der Waals surface area contributed by atoms with Crippen LogP contribution in [0.1, 0.15) is 19.3 Å². The van der Waals surface area contributed by atoms with E-state index < -0.39 is 105 Å². The van der Waals surface area contributed by atoms with Gasteiger partial charge in [0, 0.05) is 25.7 Å². The third-order valence-electron chi connectivity index (χ3n) is 8.60. The molecule has 0 unspecified atom stereocenters. The Balaban J connectivity index is 1.52. The second kappa shape index (κ2) is 15.6. The number of rotatable bonds is 12. The van der Waals surface area contributed by atoms with Gasteiger partial charge in [0.15, 0.2) is 18.9 Å². The number of hydrogen-bond donors (Lipinski definition) is 11. The maximum absolute atomic E-state index is 11.4. The standard InChI is InChI=1S/C26H49N5O12/c27-7-11-3-4-12(29)24(38-11)41-21-13(30)6-10(2-1-5-32)17(34)23(21)43-26-20(37)22(15(9-33)40-26)42-25-16(31)19(36)18(35)14(8-28)39-25/h3-4,10-26,32-37H,1-2,5-9,27-31H2/t10-,11+,12-,13+,14+,15-,16-,17+,18-,19-,20-,21-,22-,23-,24-,25-,26+/m1/s1. The van der Waals surface area contributed by atoms with Crippen LogP contribution in [0.5, 0.6) is 0 Å². The molecule has 17 nitrogen and oxygen atoms in total. The van der Waals surface area contributed by atoms with Crippen molar-refractivity contribution in [1.29, 1.82) is 0 Å². The molecule has 17 heteroatoms. The quantitative estimate of drug-likeness (QED) is 0.0901. The van der Waals surface area contributed by atoms with Gasteiger partial charge in [0.1, 0.15) is 48.8 Å². The summed E-state index contributed by atoms with van der Waals surface area (Å²) >= 11 is 0. The zero-order valence-electron chi connectivity index (χ0n) is 23.9. The largest absolute Gasteiger partial charge is 0.396 e. The first-order chi connectivity index (χ1) is 20.5. The van der Waals surface area contributed by atoms with Gasteiger partial charge in [-0.2, -0.15) is 0 Å². The van der Waals surface area contributed by atoms with Crippen LogP contribution in [0.4, 0.5) is 0 Å². The van der Waals surface area contributed by atoms with Crippen molar-refractivity contribution in [3.63, 3.8) is 0 Å². The van der Waals surface area contributed by atoms with Gasteiger partial charge in [0.25, 0.3) is 0 Å². The molecule has 0 aromatic heterocycles. The van der Waals surface area contributed by atoms with Crippen LogP contribution in [0.15, 0.2) is 12.2 Å². The molecule has 43 heavy (non-hydrogen) atoms. The number of aliphatic hydroxyl groups excluding tert-OH is 6. The molecule has 0 amide bonds. The van der Waals surface area contributed by atoms with Crippen molar-refractivity contribution in [2.75, 3.05) is 26.3 Å². The third-order valence-corrected chi connectivity index (χ3v) is 8.60. The highest BCUT2D eigenvalue weighted by molar-refractivity contribution is 5.05. The minimum Gasteiger partial charge on any atom is -0.396 e. The molecule has 250 valence electrons. The smallest absolute Gasteiger partial charge is 0.187 e. The molecule has 1 aliphatic carbocycles. The van der Waals surface area contributed by atoms with Crippen molar-refractivity contribution in [3.8, 4) is 0 Å². The lowest BCUT2D eigenvalue weighted by Crippen LogP contribution is -2.64. The summed E-state index contributed by atoms with van der Waals surface area (Å²) in [6.45, 7) is -0.629. The molecule has 1 saturated carbocycles. The van der Waals surface area contributed by atoms with Crippen LogP contribution in [0.2, 0.25) is 0 Å². The third kappa shape index (κ3) is 7.72. The molecule has 16 N–H and O–H groups in total. The average Bonchev–Trinajstić information content (AvgIpc) is 3.30. The molecule has 0 aromatic carbocycles. The summed E-state index contributed by atoms with van der Waals surface area (Å²) in [5.74, 6) is -0.376. The Morgan fingerprint density at radius 1 is 0.698 bits per heavy atom. The average molecular weight is 624 g/mol. The fourth-order valence-electron chi connectivity index (χ4n) is 6.08. The van der Waals surface area contributed by atoms with Crippen molar-refractivity contribution in [2.45, 2.75) is 117 Å². The van der Waals surface area contributed by atoms with Gasteiger partial charge in [-0.1, -0.05) is 12.2 Å². The van der Waals surface area contributed by atoms with E-state index in [2.05, 4.69) is 0 Å². The van der Waals surface area contributed by atoms with E-state index >= 15 is 0 Å².